The second-order valence-corrected chi connectivity index (χ2v) is 1.75. The summed E-state index contributed by atoms with van der Waals surface area (Å²) in [5, 5.41) is 0. The molecular weight excluding hydrogens is 117 g/mol. The van der Waals surface area contributed by atoms with Crippen LogP contribution in [0.4, 0.5) is 5.82 Å². The van der Waals surface area contributed by atoms with Crippen LogP contribution in [0.25, 0.3) is 0 Å². The minimum Gasteiger partial charge on any atom is -0.383 e. The van der Waals surface area contributed by atoms with Crippen molar-refractivity contribution in [3.05, 3.63) is 22.7 Å². The van der Waals surface area contributed by atoms with E-state index in [4.69, 9.17) is 5.73 Å². The van der Waals surface area contributed by atoms with Gasteiger partial charge in [-0.15, -0.1) is 0 Å². The molecular formula is C4H6BN3O. The molecule has 2 N–H and O–H groups in total. The molecule has 0 spiro atoms. The number of nitrogens with two attached hydrogens (primary N) is 1. The van der Waals surface area contributed by atoms with Gasteiger partial charge in [-0.05, 0) is 12.3 Å². The Kier molecular flexibility index (Phi) is 1.26. The molecule has 0 fully saturated rings. The molecule has 0 unspecified atom stereocenters. The van der Waals surface area contributed by atoms with Gasteiger partial charge in [-0.25, -0.2) is 4.79 Å². The van der Waals surface area contributed by atoms with E-state index in [1.807, 2.05) is 0 Å². The highest BCUT2D eigenvalue weighted by atomic mass is 16.1. The second kappa shape index (κ2) is 1.93. The summed E-state index contributed by atoms with van der Waals surface area (Å²) in [4.78, 5) is 14.1. The Labute approximate surface area is 52.8 Å². The molecule has 0 amide bonds. The lowest BCUT2D eigenvalue weighted by molar-refractivity contribution is 1.01. The minimum absolute atomic E-state index is 0.262. The highest BCUT2D eigenvalue weighted by molar-refractivity contribution is 6.06. The van der Waals surface area contributed by atoms with Crippen molar-refractivity contribution in [3.63, 3.8) is 0 Å². The van der Waals surface area contributed by atoms with Gasteiger partial charge in [-0.1, -0.05) is 0 Å². The van der Waals surface area contributed by atoms with E-state index in [0.29, 0.717) is 0 Å². The van der Waals surface area contributed by atoms with Crippen LogP contribution in [0.3, 0.4) is 0 Å². The maximum atomic E-state index is 10.6. The molecule has 46 valence electrons. The molecule has 9 heavy (non-hydrogen) atoms. The third-order valence-corrected chi connectivity index (χ3v) is 0.995. The SMILES string of the molecule is Bn1ccc(N)nc1=O. The third-order valence-electron chi connectivity index (χ3n) is 0.995. The van der Waals surface area contributed by atoms with Gasteiger partial charge in [0.15, 0.2) is 0 Å². The van der Waals surface area contributed by atoms with Gasteiger partial charge in [0.2, 0.25) is 7.98 Å². The van der Waals surface area contributed by atoms with E-state index in [1.54, 1.807) is 20.2 Å². The number of aromatic nitrogens is 2. The van der Waals surface area contributed by atoms with Crippen LogP contribution in [0.15, 0.2) is 17.1 Å². The number of hydrogen-bond donors (Lipinski definition) is 1. The first kappa shape index (κ1) is 5.87. The molecule has 4 nitrogen and oxygen atoms in total. The van der Waals surface area contributed by atoms with E-state index in [9.17, 15) is 4.79 Å². The van der Waals surface area contributed by atoms with Crippen LogP contribution < -0.4 is 11.4 Å². The van der Waals surface area contributed by atoms with Crippen molar-refractivity contribution < 1.29 is 0 Å². The summed E-state index contributed by atoms with van der Waals surface area (Å²) in [6, 6.07) is 1.57. The molecule has 1 rings (SSSR count). The first-order chi connectivity index (χ1) is 4.20. The Morgan fingerprint density at radius 2 is 2.44 bits per heavy atom. The first-order valence-corrected chi connectivity index (χ1v) is 2.49. The van der Waals surface area contributed by atoms with E-state index in [-0.39, 0.29) is 11.5 Å². The molecule has 0 saturated carbocycles. The molecule has 1 aromatic rings. The molecule has 0 bridgehead atoms. The minimum atomic E-state index is -0.324. The topological polar surface area (TPSA) is 60.9 Å². The molecule has 0 aliphatic rings. The molecule has 0 atom stereocenters. The van der Waals surface area contributed by atoms with Crippen LogP contribution in [0.2, 0.25) is 0 Å². The van der Waals surface area contributed by atoms with Crippen molar-refractivity contribution in [2.45, 2.75) is 0 Å². The van der Waals surface area contributed by atoms with Gasteiger partial charge >= 0.3 is 5.69 Å². The third kappa shape index (κ3) is 1.10. The standard InChI is InChI=1S/C4H6BN3O/c5-8-2-1-3(6)7-4(8)9/h1-2H,5H2,(H2,6,7,9). The quantitative estimate of drug-likeness (QED) is 0.415. The average molecular weight is 123 g/mol. The number of nitrogen functional groups attached to an aromatic ring is 1. The number of rotatable bonds is 0. The van der Waals surface area contributed by atoms with E-state index in [0.717, 1.165) is 0 Å². The zero-order valence-corrected chi connectivity index (χ0v) is 5.03. The fourth-order valence-corrected chi connectivity index (χ4v) is 0.479. The van der Waals surface area contributed by atoms with Gasteiger partial charge in [0.1, 0.15) is 5.82 Å². The van der Waals surface area contributed by atoms with Crippen molar-refractivity contribution in [1.29, 1.82) is 0 Å². The van der Waals surface area contributed by atoms with Crippen LogP contribution in [0.5, 0.6) is 0 Å². The molecule has 1 aromatic heterocycles. The monoisotopic (exact) mass is 123 g/mol. The Morgan fingerprint density at radius 3 is 2.89 bits per heavy atom. The molecule has 0 saturated heterocycles. The van der Waals surface area contributed by atoms with Gasteiger partial charge in [-0.3, -0.25) is 0 Å². The van der Waals surface area contributed by atoms with E-state index in [2.05, 4.69) is 4.98 Å². The summed E-state index contributed by atoms with van der Waals surface area (Å²) < 4.78 is 1.36. The van der Waals surface area contributed by atoms with Gasteiger partial charge in [0.05, 0.1) is 0 Å². The highest BCUT2D eigenvalue weighted by Gasteiger charge is 1.88. The Balaban J connectivity index is 3.34. The van der Waals surface area contributed by atoms with Crippen molar-refractivity contribution in [2.24, 2.45) is 0 Å². The largest absolute Gasteiger partial charge is 0.383 e. The predicted octanol–water partition coefficient (Wildman–Crippen LogP) is -1.78. The zero-order valence-electron chi connectivity index (χ0n) is 5.03. The first-order valence-electron chi connectivity index (χ1n) is 2.49. The lowest BCUT2D eigenvalue weighted by Crippen LogP contribution is -2.21. The van der Waals surface area contributed by atoms with E-state index in [1.165, 1.54) is 4.48 Å². The lowest BCUT2D eigenvalue weighted by Gasteiger charge is -1.93. The molecule has 1 heterocycles. The van der Waals surface area contributed by atoms with Crippen molar-refractivity contribution in [3.8, 4) is 0 Å². The Bertz CT molecular complexity index is 269. The number of hydrogen-bond acceptors (Lipinski definition) is 3. The van der Waals surface area contributed by atoms with Gasteiger partial charge < -0.3 is 10.2 Å². The normalized spacial score (nSPS) is 9.33. The van der Waals surface area contributed by atoms with E-state index >= 15 is 0 Å². The summed E-state index contributed by atoms with van der Waals surface area (Å²) >= 11 is 0. The molecule has 0 aromatic carbocycles. The molecule has 0 aliphatic heterocycles. The Hall–Kier alpha value is -1.26. The lowest BCUT2D eigenvalue weighted by atomic mass is 10.4. The van der Waals surface area contributed by atoms with Crippen molar-refractivity contribution >= 4 is 13.8 Å². The summed E-state index contributed by atoms with van der Waals surface area (Å²) in [5.41, 5.74) is 4.88. The van der Waals surface area contributed by atoms with Gasteiger partial charge in [-0.2, -0.15) is 4.98 Å². The van der Waals surface area contributed by atoms with Gasteiger partial charge in [0, 0.05) is 0 Å². The number of anilines is 1. The van der Waals surface area contributed by atoms with Crippen LogP contribution in [0.1, 0.15) is 0 Å². The molecule has 0 aliphatic carbocycles. The van der Waals surface area contributed by atoms with Crippen molar-refractivity contribution in [1.82, 2.24) is 9.46 Å². The van der Waals surface area contributed by atoms with Crippen molar-refractivity contribution in [2.75, 3.05) is 5.73 Å². The smallest absolute Gasteiger partial charge is 0.336 e. The Morgan fingerprint density at radius 1 is 1.78 bits per heavy atom. The molecule has 0 radical (unpaired) electrons. The predicted molar refractivity (Wildman–Crippen MR) is 36.9 cm³/mol. The van der Waals surface area contributed by atoms with Gasteiger partial charge in [0.25, 0.3) is 0 Å². The average Bonchev–Trinajstić information content (AvgIpc) is 1.80. The van der Waals surface area contributed by atoms with Crippen LogP contribution in [-0.4, -0.2) is 17.4 Å². The van der Waals surface area contributed by atoms with Crippen LogP contribution in [0, 0.1) is 0 Å². The van der Waals surface area contributed by atoms with Crippen LogP contribution in [-0.2, 0) is 0 Å². The second-order valence-electron chi connectivity index (χ2n) is 1.75. The summed E-state index contributed by atoms with van der Waals surface area (Å²) in [5.74, 6) is 0.262. The van der Waals surface area contributed by atoms with Crippen LogP contribution >= 0.6 is 0 Å². The fraction of sp³-hybridized carbons (Fsp3) is 0. The number of nitrogens with zero attached hydrogens (tertiary/aromatic N) is 2. The molecule has 5 heteroatoms. The zero-order chi connectivity index (χ0) is 6.85. The summed E-state index contributed by atoms with van der Waals surface area (Å²) in [6.07, 6.45) is 1.57. The summed E-state index contributed by atoms with van der Waals surface area (Å²) in [7, 11) is 1.62. The maximum Gasteiger partial charge on any atom is 0.336 e. The summed E-state index contributed by atoms with van der Waals surface area (Å²) in [6.45, 7) is 0. The fourth-order valence-electron chi connectivity index (χ4n) is 0.479. The highest BCUT2D eigenvalue weighted by Crippen LogP contribution is 1.85. The van der Waals surface area contributed by atoms with E-state index < -0.39 is 0 Å². The maximum absolute atomic E-state index is 10.6.